The van der Waals surface area contributed by atoms with Crippen molar-refractivity contribution in [1.82, 2.24) is 0 Å². The summed E-state index contributed by atoms with van der Waals surface area (Å²) in [4.78, 5) is 21.1. The molecular formula is C7H6O4. The molecule has 4 nitrogen and oxygen atoms in total. The number of carbonyl (C=O) groups excluding carboxylic acids is 1. The fourth-order valence-corrected chi connectivity index (χ4v) is 0.648. The van der Waals surface area contributed by atoms with Gasteiger partial charge in [0.25, 0.3) is 0 Å². The van der Waals surface area contributed by atoms with E-state index in [1.54, 1.807) is 6.08 Å². The van der Waals surface area contributed by atoms with E-state index in [9.17, 15) is 9.59 Å². The maximum atomic E-state index is 10.7. The van der Waals surface area contributed by atoms with Gasteiger partial charge < -0.3 is 9.84 Å². The summed E-state index contributed by atoms with van der Waals surface area (Å²) in [5.41, 5.74) is -0.334. The van der Waals surface area contributed by atoms with Crippen LogP contribution in [-0.2, 0) is 14.3 Å². The Morgan fingerprint density at radius 1 is 1.64 bits per heavy atom. The average Bonchev–Trinajstić information content (AvgIpc) is 2.13. The number of carboxylic acids is 1. The summed E-state index contributed by atoms with van der Waals surface area (Å²) in [6.07, 6.45) is 4.26. The van der Waals surface area contributed by atoms with Gasteiger partial charge in [-0.05, 0) is 12.2 Å². The van der Waals surface area contributed by atoms with E-state index in [4.69, 9.17) is 5.11 Å². The van der Waals surface area contributed by atoms with Crippen LogP contribution in [0.2, 0.25) is 0 Å². The molecule has 0 aromatic carbocycles. The van der Waals surface area contributed by atoms with Gasteiger partial charge >= 0.3 is 11.9 Å². The van der Waals surface area contributed by atoms with Gasteiger partial charge in [-0.2, -0.15) is 0 Å². The van der Waals surface area contributed by atoms with Gasteiger partial charge in [0.15, 0.2) is 0 Å². The second kappa shape index (κ2) is 3.01. The molecule has 0 saturated carbocycles. The highest BCUT2D eigenvalue weighted by molar-refractivity contribution is 6.13. The molecule has 0 aromatic heterocycles. The van der Waals surface area contributed by atoms with Crippen molar-refractivity contribution < 1.29 is 19.4 Å². The van der Waals surface area contributed by atoms with E-state index in [0.29, 0.717) is 0 Å². The number of allylic oxidation sites excluding steroid dienone is 2. The van der Waals surface area contributed by atoms with Crippen molar-refractivity contribution in [3.63, 3.8) is 0 Å². The van der Waals surface area contributed by atoms with Crippen LogP contribution in [0, 0.1) is 0 Å². The monoisotopic (exact) mass is 154 g/mol. The van der Waals surface area contributed by atoms with Gasteiger partial charge in [0.1, 0.15) is 12.2 Å². The first kappa shape index (κ1) is 7.53. The van der Waals surface area contributed by atoms with Crippen LogP contribution in [0.4, 0.5) is 0 Å². The molecule has 1 N–H and O–H groups in total. The van der Waals surface area contributed by atoms with Gasteiger partial charge in [-0.25, -0.2) is 9.59 Å². The topological polar surface area (TPSA) is 63.6 Å². The molecule has 4 heteroatoms. The highest BCUT2D eigenvalue weighted by atomic mass is 16.5. The van der Waals surface area contributed by atoms with Gasteiger partial charge in [-0.15, -0.1) is 0 Å². The number of ether oxygens (including phenoxy) is 1. The molecule has 0 fully saturated rings. The van der Waals surface area contributed by atoms with Crippen LogP contribution in [0.1, 0.15) is 0 Å². The fourth-order valence-electron chi connectivity index (χ4n) is 0.648. The van der Waals surface area contributed by atoms with E-state index in [1.807, 2.05) is 0 Å². The highest BCUT2D eigenvalue weighted by Crippen LogP contribution is 2.02. The Labute approximate surface area is 62.8 Å². The number of carboxylic acid groups (broad SMARTS) is 1. The lowest BCUT2D eigenvalue weighted by molar-refractivity contribution is -0.143. The lowest BCUT2D eigenvalue weighted by Crippen LogP contribution is -2.14. The molecule has 0 atom stereocenters. The second-order valence-corrected chi connectivity index (χ2v) is 1.91. The van der Waals surface area contributed by atoms with Crippen molar-refractivity contribution in [2.24, 2.45) is 0 Å². The van der Waals surface area contributed by atoms with Crippen LogP contribution in [0.3, 0.4) is 0 Å². The zero-order valence-corrected chi connectivity index (χ0v) is 5.61. The zero-order chi connectivity index (χ0) is 8.27. The molecule has 0 aromatic rings. The van der Waals surface area contributed by atoms with Gasteiger partial charge in [-0.3, -0.25) is 0 Å². The van der Waals surface area contributed by atoms with Crippen LogP contribution in [0.25, 0.3) is 0 Å². The second-order valence-electron chi connectivity index (χ2n) is 1.91. The minimum atomic E-state index is -1.26. The first-order valence-electron chi connectivity index (χ1n) is 2.99. The van der Waals surface area contributed by atoms with Crippen LogP contribution in [0.5, 0.6) is 0 Å². The number of carbonyl (C=O) groups is 2. The summed E-state index contributed by atoms with van der Waals surface area (Å²) in [6, 6.07) is 0. The van der Waals surface area contributed by atoms with Crippen molar-refractivity contribution in [2.45, 2.75) is 0 Å². The van der Waals surface area contributed by atoms with Crippen molar-refractivity contribution in [3.05, 3.63) is 23.8 Å². The number of hydrogen-bond acceptors (Lipinski definition) is 3. The largest absolute Gasteiger partial charge is 0.477 e. The van der Waals surface area contributed by atoms with Gasteiger partial charge in [-0.1, -0.05) is 6.08 Å². The minimum Gasteiger partial charge on any atom is -0.477 e. The smallest absolute Gasteiger partial charge is 0.345 e. The molecule has 0 amide bonds. The summed E-state index contributed by atoms with van der Waals surface area (Å²) in [6.45, 7) is 0.131. The Kier molecular flexibility index (Phi) is 2.06. The third-order valence-corrected chi connectivity index (χ3v) is 1.16. The first-order valence-corrected chi connectivity index (χ1v) is 2.99. The minimum absolute atomic E-state index is 0.131. The lowest BCUT2D eigenvalue weighted by Gasteiger charge is -1.97. The molecule has 58 valence electrons. The maximum absolute atomic E-state index is 10.7. The molecule has 1 heterocycles. The quantitative estimate of drug-likeness (QED) is 0.430. The van der Waals surface area contributed by atoms with Gasteiger partial charge in [0, 0.05) is 0 Å². The Balaban J connectivity index is 2.89. The van der Waals surface area contributed by atoms with Crippen molar-refractivity contribution in [3.8, 4) is 0 Å². The molecule has 11 heavy (non-hydrogen) atoms. The van der Waals surface area contributed by atoms with Gasteiger partial charge in [0.05, 0.1) is 0 Å². The van der Waals surface area contributed by atoms with Crippen LogP contribution < -0.4 is 0 Å². The molecule has 0 saturated heterocycles. The highest BCUT2D eigenvalue weighted by Gasteiger charge is 2.18. The number of cyclic esters (lactones) is 1. The summed E-state index contributed by atoms with van der Waals surface area (Å²) >= 11 is 0. The molecule has 1 rings (SSSR count). The number of hydrogen-bond donors (Lipinski definition) is 1. The summed E-state index contributed by atoms with van der Waals surface area (Å²) < 4.78 is 4.50. The molecule has 0 bridgehead atoms. The van der Waals surface area contributed by atoms with Crippen molar-refractivity contribution in [1.29, 1.82) is 0 Å². The van der Waals surface area contributed by atoms with E-state index in [-0.39, 0.29) is 12.2 Å². The molecule has 0 unspecified atom stereocenters. The molecule has 0 spiro atoms. The van der Waals surface area contributed by atoms with E-state index < -0.39 is 11.9 Å². The first-order chi connectivity index (χ1) is 5.22. The molecular weight excluding hydrogens is 148 g/mol. The Bertz CT molecular complexity index is 249. The maximum Gasteiger partial charge on any atom is 0.345 e. The fraction of sp³-hybridized carbons (Fsp3) is 0.143. The van der Waals surface area contributed by atoms with E-state index in [1.165, 1.54) is 12.2 Å². The normalized spacial score (nSPS) is 16.7. The molecule has 0 radical (unpaired) electrons. The van der Waals surface area contributed by atoms with Crippen LogP contribution >= 0.6 is 0 Å². The Morgan fingerprint density at radius 3 is 3.00 bits per heavy atom. The lowest BCUT2D eigenvalue weighted by atomic mass is 10.2. The SMILES string of the molecule is O=C(O)C1=CC=CCOC1=O. The number of esters is 1. The van der Waals surface area contributed by atoms with E-state index in [2.05, 4.69) is 4.74 Å². The molecule has 0 aliphatic carbocycles. The number of rotatable bonds is 1. The Morgan fingerprint density at radius 2 is 2.36 bits per heavy atom. The van der Waals surface area contributed by atoms with E-state index in [0.717, 1.165) is 0 Å². The average molecular weight is 154 g/mol. The van der Waals surface area contributed by atoms with Gasteiger partial charge in [0.2, 0.25) is 0 Å². The summed E-state index contributed by atoms with van der Waals surface area (Å²) in [5, 5.41) is 8.43. The molecule has 1 aliphatic rings. The predicted octanol–water partition coefficient (Wildman–Crippen LogP) is 0.110. The van der Waals surface area contributed by atoms with Crippen molar-refractivity contribution in [2.75, 3.05) is 6.61 Å². The third kappa shape index (κ3) is 1.67. The van der Waals surface area contributed by atoms with Crippen LogP contribution in [0.15, 0.2) is 23.8 Å². The summed E-state index contributed by atoms with van der Waals surface area (Å²) in [5.74, 6) is -2.05. The zero-order valence-electron chi connectivity index (χ0n) is 5.61. The standard InChI is InChI=1S/C7H6O4/c8-6(9)5-3-1-2-4-11-7(5)10/h1-3H,4H2,(H,8,9). The summed E-state index contributed by atoms with van der Waals surface area (Å²) in [7, 11) is 0. The van der Waals surface area contributed by atoms with Crippen LogP contribution in [-0.4, -0.2) is 23.7 Å². The van der Waals surface area contributed by atoms with Crippen molar-refractivity contribution >= 4 is 11.9 Å². The third-order valence-electron chi connectivity index (χ3n) is 1.16. The van der Waals surface area contributed by atoms with E-state index >= 15 is 0 Å². The predicted molar refractivity (Wildman–Crippen MR) is 35.8 cm³/mol. The molecule has 1 aliphatic heterocycles. The Hall–Kier alpha value is -1.58. The number of aliphatic carboxylic acids is 1.